The Balaban J connectivity index is 0. The Morgan fingerprint density at radius 2 is 1.82 bits per heavy atom. The number of quaternary nitrogens is 1. The highest BCUT2D eigenvalue weighted by Crippen LogP contribution is 2.17. The van der Waals surface area contributed by atoms with Gasteiger partial charge < -0.3 is 9.50 Å². The van der Waals surface area contributed by atoms with Crippen LogP contribution in [0.5, 0.6) is 0 Å². The second kappa shape index (κ2) is 18.9. The van der Waals surface area contributed by atoms with Gasteiger partial charge in [-0.15, -0.1) is 12.6 Å². The summed E-state index contributed by atoms with van der Waals surface area (Å²) in [6.07, 6.45) is 4.76. The van der Waals surface area contributed by atoms with Gasteiger partial charge in [0.25, 0.3) is 0 Å². The summed E-state index contributed by atoms with van der Waals surface area (Å²) in [5, 5.41) is 2.36. The molecule has 0 aliphatic carbocycles. The number of hydrogen-bond acceptors (Lipinski definition) is 3. The normalized spacial score (nSPS) is 9.41. The number of aryl methyl sites for hydroxylation is 1. The number of hydrogen-bond donors (Lipinski definition) is 2. The maximum Gasteiger partial charge on any atom is 0.132 e. The zero-order valence-corrected chi connectivity index (χ0v) is 17.0. The van der Waals surface area contributed by atoms with Crippen molar-refractivity contribution < 1.29 is 9.50 Å². The van der Waals surface area contributed by atoms with E-state index in [1.54, 1.807) is 19.2 Å². The quantitative estimate of drug-likeness (QED) is 0.276. The Labute approximate surface area is 148 Å². The second-order valence-electron chi connectivity index (χ2n) is 4.32. The molecule has 0 spiro atoms. The van der Waals surface area contributed by atoms with Crippen LogP contribution in [0.3, 0.4) is 0 Å². The molecule has 1 aromatic rings. The van der Waals surface area contributed by atoms with Crippen molar-refractivity contribution in [3.05, 3.63) is 23.8 Å². The summed E-state index contributed by atoms with van der Waals surface area (Å²) in [4.78, 5) is 1.06. The van der Waals surface area contributed by atoms with E-state index in [1.165, 1.54) is 30.5 Å². The number of benzene rings is 1. The summed E-state index contributed by atoms with van der Waals surface area (Å²) in [5.74, 6) is 1.09. The van der Waals surface area contributed by atoms with Crippen LogP contribution >= 0.6 is 24.7 Å². The molecule has 0 amide bonds. The first-order valence-corrected chi connectivity index (χ1v) is 9.94. The highest BCUT2D eigenvalue weighted by molar-refractivity contribution is 7.94. The van der Waals surface area contributed by atoms with E-state index in [0.29, 0.717) is 0 Å². The zero-order valence-electron chi connectivity index (χ0n) is 15.3. The molecular weight excluding hydrogens is 310 g/mol. The molecule has 1 aromatic carbocycles. The standard InChI is InChI=1S/C14H23NOS2.2C2H6/c1-3-6-12-11-13(17)7-8-14(12)15-9-4-5-10-18-16-2;2*1-2/h7-8,11,15,17H,3-6,9-10H2,1-2H3;2*1-2H3/p+1. The second-order valence-corrected chi connectivity index (χ2v) is 5.82. The zero-order chi connectivity index (χ0) is 17.2. The first kappa shape index (κ1) is 24.1. The van der Waals surface area contributed by atoms with E-state index >= 15 is 0 Å². The van der Waals surface area contributed by atoms with Gasteiger partial charge in [-0.2, -0.15) is 0 Å². The van der Waals surface area contributed by atoms with Gasteiger partial charge in [0.1, 0.15) is 5.69 Å². The fourth-order valence-corrected chi connectivity index (χ4v) is 2.64. The highest BCUT2D eigenvalue weighted by Gasteiger charge is 2.05. The molecule has 0 saturated carbocycles. The molecule has 1 rings (SSSR count). The lowest BCUT2D eigenvalue weighted by Gasteiger charge is -2.07. The number of nitrogens with two attached hydrogens (primary N) is 1. The van der Waals surface area contributed by atoms with Crippen LogP contribution in [0.1, 0.15) is 59.4 Å². The van der Waals surface area contributed by atoms with Gasteiger partial charge in [-0.25, -0.2) is 0 Å². The number of rotatable bonds is 9. The van der Waals surface area contributed by atoms with Crippen LogP contribution in [0.4, 0.5) is 5.69 Å². The Morgan fingerprint density at radius 1 is 1.14 bits per heavy atom. The van der Waals surface area contributed by atoms with E-state index in [1.807, 2.05) is 27.7 Å². The molecule has 0 aliphatic heterocycles. The van der Waals surface area contributed by atoms with Gasteiger partial charge in [0, 0.05) is 22.3 Å². The summed E-state index contributed by atoms with van der Waals surface area (Å²) >= 11 is 5.96. The van der Waals surface area contributed by atoms with E-state index in [2.05, 4.69) is 43.1 Å². The molecule has 0 saturated heterocycles. The Hall–Kier alpha value is -0.160. The van der Waals surface area contributed by atoms with E-state index < -0.39 is 0 Å². The third-order valence-corrected chi connectivity index (χ3v) is 3.78. The summed E-state index contributed by atoms with van der Waals surface area (Å²) in [5.41, 5.74) is 2.81. The van der Waals surface area contributed by atoms with Gasteiger partial charge in [-0.05, 0) is 43.4 Å². The molecule has 0 fully saturated rings. The molecular formula is C18H36NOS2+. The van der Waals surface area contributed by atoms with Crippen molar-refractivity contribution in [2.45, 2.75) is 65.2 Å². The molecule has 0 aromatic heterocycles. The fraction of sp³-hybridized carbons (Fsp3) is 0.667. The van der Waals surface area contributed by atoms with Crippen molar-refractivity contribution in [3.63, 3.8) is 0 Å². The summed E-state index contributed by atoms with van der Waals surface area (Å²) in [6, 6.07) is 6.46. The highest BCUT2D eigenvalue weighted by atomic mass is 32.2. The largest absolute Gasteiger partial charge is 0.319 e. The predicted octanol–water partition coefficient (Wildman–Crippen LogP) is 5.25. The molecule has 0 bridgehead atoms. The third-order valence-electron chi connectivity index (χ3n) is 2.81. The average molecular weight is 347 g/mol. The van der Waals surface area contributed by atoms with E-state index in [-0.39, 0.29) is 0 Å². The molecule has 130 valence electrons. The van der Waals surface area contributed by atoms with Gasteiger partial charge in [0.15, 0.2) is 0 Å². The first-order chi connectivity index (χ1) is 10.8. The lowest BCUT2D eigenvalue weighted by Crippen LogP contribution is -2.78. The van der Waals surface area contributed by atoms with Crippen LogP contribution in [0.2, 0.25) is 0 Å². The van der Waals surface area contributed by atoms with Gasteiger partial charge in [-0.1, -0.05) is 41.0 Å². The van der Waals surface area contributed by atoms with Gasteiger partial charge in [0.05, 0.1) is 13.7 Å². The predicted molar refractivity (Wildman–Crippen MR) is 106 cm³/mol. The third kappa shape index (κ3) is 12.4. The van der Waals surface area contributed by atoms with Crippen LogP contribution in [0.15, 0.2) is 23.1 Å². The SMILES string of the molecule is CC.CC.CCCc1cc(S)ccc1[NH2+]CCCCSOC. The van der Waals surface area contributed by atoms with Crippen LogP contribution < -0.4 is 5.32 Å². The number of unbranched alkanes of at least 4 members (excludes halogenated alkanes) is 1. The van der Waals surface area contributed by atoms with Crippen LogP contribution in [0.25, 0.3) is 0 Å². The van der Waals surface area contributed by atoms with Crippen molar-refractivity contribution in [2.24, 2.45) is 0 Å². The van der Waals surface area contributed by atoms with Crippen molar-refractivity contribution in [2.75, 3.05) is 19.4 Å². The van der Waals surface area contributed by atoms with Crippen molar-refractivity contribution >= 4 is 30.4 Å². The fourth-order valence-electron chi connectivity index (χ4n) is 1.92. The van der Waals surface area contributed by atoms with Gasteiger partial charge >= 0.3 is 0 Å². The molecule has 0 unspecified atom stereocenters. The maximum atomic E-state index is 4.97. The van der Waals surface area contributed by atoms with Crippen molar-refractivity contribution in [1.29, 1.82) is 0 Å². The summed E-state index contributed by atoms with van der Waals surface area (Å²) < 4.78 is 4.97. The molecule has 0 heterocycles. The minimum Gasteiger partial charge on any atom is -0.319 e. The average Bonchev–Trinajstić information content (AvgIpc) is 2.56. The first-order valence-electron chi connectivity index (χ1n) is 8.58. The molecule has 2 nitrogen and oxygen atoms in total. The van der Waals surface area contributed by atoms with Crippen LogP contribution in [-0.4, -0.2) is 19.4 Å². The summed E-state index contributed by atoms with van der Waals surface area (Å²) in [6.45, 7) is 11.4. The Morgan fingerprint density at radius 3 is 2.41 bits per heavy atom. The maximum absolute atomic E-state index is 4.97. The van der Waals surface area contributed by atoms with Crippen LogP contribution in [0, 0.1) is 0 Å². The lowest BCUT2D eigenvalue weighted by molar-refractivity contribution is -0.572. The molecule has 4 heteroatoms. The lowest BCUT2D eigenvalue weighted by atomic mass is 10.1. The summed E-state index contributed by atoms with van der Waals surface area (Å²) in [7, 11) is 1.73. The van der Waals surface area contributed by atoms with E-state index in [9.17, 15) is 0 Å². The molecule has 22 heavy (non-hydrogen) atoms. The van der Waals surface area contributed by atoms with Gasteiger partial charge in [0.2, 0.25) is 0 Å². The van der Waals surface area contributed by atoms with Crippen LogP contribution in [-0.2, 0) is 10.6 Å². The number of thiol groups is 1. The minimum atomic E-state index is 1.06. The van der Waals surface area contributed by atoms with E-state index in [4.69, 9.17) is 4.18 Å². The monoisotopic (exact) mass is 346 g/mol. The smallest absolute Gasteiger partial charge is 0.132 e. The molecule has 0 atom stereocenters. The molecule has 2 N–H and O–H groups in total. The molecule has 0 aliphatic rings. The van der Waals surface area contributed by atoms with E-state index in [0.717, 1.165) is 23.6 Å². The van der Waals surface area contributed by atoms with Crippen molar-refractivity contribution in [1.82, 2.24) is 0 Å². The van der Waals surface area contributed by atoms with Gasteiger partial charge in [-0.3, -0.25) is 0 Å². The minimum absolute atomic E-state index is 1.06. The Kier molecular flexibility index (Phi) is 20.7. The Bertz CT molecular complexity index is 346. The topological polar surface area (TPSA) is 25.8 Å². The van der Waals surface area contributed by atoms with Crippen molar-refractivity contribution in [3.8, 4) is 0 Å². The molecule has 0 radical (unpaired) electrons.